The summed E-state index contributed by atoms with van der Waals surface area (Å²) < 4.78 is 51.7. The van der Waals surface area contributed by atoms with Gasteiger partial charge in [-0.25, -0.2) is 0 Å². The third-order valence-electron chi connectivity index (χ3n) is 6.79. The van der Waals surface area contributed by atoms with Crippen molar-refractivity contribution >= 4 is 55.1 Å². The van der Waals surface area contributed by atoms with Gasteiger partial charge in [-0.2, -0.15) is 13.2 Å². The van der Waals surface area contributed by atoms with E-state index in [0.717, 1.165) is 22.9 Å². The van der Waals surface area contributed by atoms with E-state index >= 15 is 0 Å². The van der Waals surface area contributed by atoms with Crippen LogP contribution in [0.2, 0.25) is 0 Å². The van der Waals surface area contributed by atoms with Gasteiger partial charge in [0, 0.05) is 32.8 Å². The van der Waals surface area contributed by atoms with E-state index < -0.39 is 22.9 Å². The minimum atomic E-state index is -4.41. The van der Waals surface area contributed by atoms with Crippen molar-refractivity contribution in [2.75, 3.05) is 19.1 Å². The van der Waals surface area contributed by atoms with Gasteiger partial charge >= 0.3 is 6.18 Å². The number of nitrogens with zero attached hydrogens (tertiary/aromatic N) is 1. The van der Waals surface area contributed by atoms with E-state index in [4.69, 9.17) is 20.8 Å². The highest BCUT2D eigenvalue weighted by Crippen LogP contribution is 2.38. The van der Waals surface area contributed by atoms with Crippen molar-refractivity contribution in [1.29, 1.82) is 0 Å². The predicted octanol–water partition coefficient (Wildman–Crippen LogP) is 6.79. The molecule has 6 aromatic rings. The van der Waals surface area contributed by atoms with Crippen molar-refractivity contribution in [2.45, 2.75) is 12.7 Å². The van der Waals surface area contributed by atoms with Crippen LogP contribution in [0.3, 0.4) is 0 Å². The molecule has 192 valence electrons. The highest BCUT2D eigenvalue weighted by Gasteiger charge is 2.30. The zero-order chi connectivity index (χ0) is 26.6. The molecule has 0 bridgehead atoms. The lowest BCUT2D eigenvalue weighted by atomic mass is 9.95. The molecule has 0 aliphatic rings. The quantitative estimate of drug-likeness (QED) is 0.101. The number of alkyl halides is 4. The van der Waals surface area contributed by atoms with Gasteiger partial charge in [0.2, 0.25) is 0 Å². The number of rotatable bonds is 6. The van der Waals surface area contributed by atoms with Gasteiger partial charge in [0.05, 0.1) is 25.3 Å². The molecule has 2 heterocycles. The Kier molecular flexibility index (Phi) is 5.89. The number of aromatic nitrogens is 1. The van der Waals surface area contributed by atoms with Crippen LogP contribution in [-0.4, -0.2) is 23.7 Å². The molecule has 38 heavy (non-hydrogen) atoms. The van der Waals surface area contributed by atoms with E-state index in [1.54, 1.807) is 30.3 Å². The molecule has 0 saturated carbocycles. The Morgan fingerprint density at radius 2 is 1.37 bits per heavy atom. The van der Waals surface area contributed by atoms with Crippen LogP contribution in [0.1, 0.15) is 5.56 Å². The smallest absolute Gasteiger partial charge is 0.416 e. The fourth-order valence-corrected chi connectivity index (χ4v) is 5.12. The van der Waals surface area contributed by atoms with Crippen LogP contribution in [0.4, 0.5) is 13.2 Å². The van der Waals surface area contributed by atoms with Gasteiger partial charge in [-0.05, 0) is 59.0 Å². The molecule has 0 aliphatic heterocycles. The first-order valence-electron chi connectivity index (χ1n) is 11.9. The summed E-state index contributed by atoms with van der Waals surface area (Å²) in [7, 11) is 0. The second-order valence-electron chi connectivity index (χ2n) is 8.97. The number of hydrogen-bond acceptors (Lipinski definition) is 4. The zero-order valence-electron chi connectivity index (χ0n) is 19.8. The molecule has 0 spiro atoms. The highest BCUT2D eigenvalue weighted by molar-refractivity contribution is 6.26. The topological polar surface area (TPSA) is 61.4 Å². The lowest BCUT2D eigenvalue weighted by molar-refractivity contribution is -0.137. The minimum absolute atomic E-state index is 0.106. The normalized spacial score (nSPS) is 12.4. The van der Waals surface area contributed by atoms with E-state index in [1.807, 2.05) is 12.1 Å². The summed E-state index contributed by atoms with van der Waals surface area (Å²) in [5.74, 6) is 0.317. The third-order valence-corrected chi connectivity index (χ3v) is 6.94. The minimum Gasteiger partial charge on any atom is -0.456 e. The monoisotopic (exact) mass is 537 g/mol. The number of pyridine rings is 1. The van der Waals surface area contributed by atoms with Crippen LogP contribution in [0.15, 0.2) is 80.7 Å². The molecule has 0 N–H and O–H groups in total. The first-order valence-corrected chi connectivity index (χ1v) is 12.4. The maximum Gasteiger partial charge on any atom is 0.416 e. The third kappa shape index (κ3) is 3.92. The summed E-state index contributed by atoms with van der Waals surface area (Å²) in [6.07, 6.45) is -4.41. The van der Waals surface area contributed by atoms with Crippen molar-refractivity contribution in [3.8, 4) is 11.1 Å². The van der Waals surface area contributed by atoms with Crippen LogP contribution in [-0.2, 0) is 17.5 Å². The average molecular weight is 538 g/mol. The van der Waals surface area contributed by atoms with Crippen LogP contribution in [0.25, 0.3) is 54.6 Å². The van der Waals surface area contributed by atoms with E-state index in [0.29, 0.717) is 56.3 Å². The SMILES string of the molecule is O=c1c2ccc3oc4ccc(-c5ccc(C(F)(F)F)cc5)cc4c4ccc(c(=O)n1CCOCCCl)c2c34. The Balaban J connectivity index is 1.55. The molecule has 9 heteroatoms. The van der Waals surface area contributed by atoms with Gasteiger partial charge in [-0.1, -0.05) is 24.3 Å². The first kappa shape index (κ1) is 24.5. The Labute approximate surface area is 217 Å². The van der Waals surface area contributed by atoms with E-state index in [-0.39, 0.29) is 13.2 Å². The van der Waals surface area contributed by atoms with Crippen LogP contribution < -0.4 is 11.1 Å². The van der Waals surface area contributed by atoms with Crippen LogP contribution >= 0.6 is 11.6 Å². The molecule has 0 fully saturated rings. The molecule has 0 atom stereocenters. The molecule has 0 radical (unpaired) electrons. The highest BCUT2D eigenvalue weighted by atomic mass is 35.5. The van der Waals surface area contributed by atoms with Crippen molar-refractivity contribution in [1.82, 2.24) is 4.57 Å². The second kappa shape index (κ2) is 9.15. The van der Waals surface area contributed by atoms with Crippen molar-refractivity contribution in [2.24, 2.45) is 0 Å². The maximum absolute atomic E-state index is 13.3. The molecule has 6 rings (SSSR count). The summed E-state index contributed by atoms with van der Waals surface area (Å²) in [4.78, 5) is 26.6. The van der Waals surface area contributed by atoms with Gasteiger partial charge in [-0.3, -0.25) is 14.2 Å². The number of ether oxygens (including phenoxy) is 1. The van der Waals surface area contributed by atoms with Gasteiger partial charge in [0.1, 0.15) is 11.2 Å². The number of benzene rings is 4. The predicted molar refractivity (Wildman–Crippen MR) is 142 cm³/mol. The average Bonchev–Trinajstić information content (AvgIpc) is 2.91. The molecule has 4 aromatic carbocycles. The van der Waals surface area contributed by atoms with Crippen molar-refractivity contribution in [3.05, 3.63) is 93.0 Å². The summed E-state index contributed by atoms with van der Waals surface area (Å²) in [5, 5.41) is 3.45. The molecule has 0 saturated heterocycles. The van der Waals surface area contributed by atoms with Crippen molar-refractivity contribution in [3.63, 3.8) is 0 Å². The molecule has 0 unspecified atom stereocenters. The van der Waals surface area contributed by atoms with Crippen LogP contribution in [0.5, 0.6) is 0 Å². The lowest BCUT2D eigenvalue weighted by Crippen LogP contribution is -2.34. The van der Waals surface area contributed by atoms with Gasteiger partial charge in [0.25, 0.3) is 11.1 Å². The number of hydrogen-bond donors (Lipinski definition) is 0. The Morgan fingerprint density at radius 1 is 0.737 bits per heavy atom. The van der Waals surface area contributed by atoms with Gasteiger partial charge in [0.15, 0.2) is 0 Å². The van der Waals surface area contributed by atoms with Crippen LogP contribution in [0, 0.1) is 0 Å². The molecular formula is C29H19ClF3NO4. The number of halogens is 4. The lowest BCUT2D eigenvalue weighted by Gasteiger charge is -2.14. The summed E-state index contributed by atoms with van der Waals surface area (Å²) >= 11 is 5.63. The van der Waals surface area contributed by atoms with Gasteiger partial charge in [-0.15, -0.1) is 11.6 Å². The summed E-state index contributed by atoms with van der Waals surface area (Å²) in [6, 6.07) is 17.3. The Bertz CT molecular complexity index is 1910. The Hall–Kier alpha value is -3.88. The fraction of sp³-hybridized carbons (Fsp3) is 0.172. The first-order chi connectivity index (χ1) is 18.3. The molecule has 0 amide bonds. The summed E-state index contributed by atoms with van der Waals surface area (Å²) in [6.45, 7) is 0.610. The summed E-state index contributed by atoms with van der Waals surface area (Å²) in [5.41, 5.74) is 0.879. The standard InChI is InChI=1S/C29H19ClF3NO4/c30-11-13-37-14-12-34-27(35)20-7-6-19-22-15-17(16-1-4-18(5-2-16)29(31,32)33)3-9-23(22)38-24-10-8-21(28(34)36)25(20)26(19)24/h1-10,15H,11-14H2. The van der Waals surface area contributed by atoms with Gasteiger partial charge < -0.3 is 9.15 Å². The van der Waals surface area contributed by atoms with Crippen molar-refractivity contribution < 1.29 is 22.3 Å². The Morgan fingerprint density at radius 3 is 2.05 bits per heavy atom. The fourth-order valence-electron chi connectivity index (χ4n) is 5.01. The van der Waals surface area contributed by atoms with E-state index in [9.17, 15) is 22.8 Å². The molecule has 5 nitrogen and oxygen atoms in total. The van der Waals surface area contributed by atoms with E-state index in [2.05, 4.69) is 0 Å². The molecule has 2 aromatic heterocycles. The maximum atomic E-state index is 13.3. The second-order valence-corrected chi connectivity index (χ2v) is 9.35. The largest absolute Gasteiger partial charge is 0.456 e. The molecular weight excluding hydrogens is 519 g/mol. The molecule has 0 aliphatic carbocycles. The number of fused-ring (bicyclic) bond motifs is 2. The zero-order valence-corrected chi connectivity index (χ0v) is 20.5. The van der Waals surface area contributed by atoms with E-state index in [1.165, 1.54) is 16.7 Å².